The van der Waals surface area contributed by atoms with E-state index in [4.69, 9.17) is 9.92 Å². The zero-order valence-electron chi connectivity index (χ0n) is 21.3. The van der Waals surface area contributed by atoms with Crippen molar-refractivity contribution in [1.29, 1.82) is 0 Å². The van der Waals surface area contributed by atoms with Crippen molar-refractivity contribution >= 4 is 16.2 Å². The summed E-state index contributed by atoms with van der Waals surface area (Å²) >= 11 is 0. The van der Waals surface area contributed by atoms with Gasteiger partial charge in [-0.3, -0.25) is 8.98 Å². The molecule has 0 unspecified atom stereocenters. The number of nitrogens with zero attached hydrogens (tertiary/aromatic N) is 1. The number of nitrogens with two attached hydrogens (primary N) is 1. The molecule has 0 aliphatic rings. The maximum atomic E-state index is 12.9. The van der Waals surface area contributed by atoms with Crippen molar-refractivity contribution in [3.05, 3.63) is 35.9 Å². The minimum atomic E-state index is -4.11. The van der Waals surface area contributed by atoms with Crippen LogP contribution in [0.15, 0.2) is 30.3 Å². The topological polar surface area (TPSA) is 122 Å². The van der Waals surface area contributed by atoms with Crippen LogP contribution in [0.25, 0.3) is 0 Å². The van der Waals surface area contributed by atoms with Gasteiger partial charge >= 0.3 is 10.3 Å². The molecule has 1 aromatic rings. The number of hydrogen-bond donors (Lipinski definition) is 3. The number of carbonyl (C=O) groups excluding carboxylic acids is 1. The second kappa shape index (κ2) is 11.8. The summed E-state index contributed by atoms with van der Waals surface area (Å²) in [4.78, 5) is 12.8. The van der Waals surface area contributed by atoms with Crippen molar-refractivity contribution in [3.63, 3.8) is 0 Å². The van der Waals surface area contributed by atoms with E-state index in [1.807, 2.05) is 65.0 Å². The molecule has 1 aromatic carbocycles. The molecule has 0 fully saturated rings. The van der Waals surface area contributed by atoms with Crippen LogP contribution in [0.3, 0.4) is 0 Å². The van der Waals surface area contributed by atoms with Gasteiger partial charge in [0.25, 0.3) is 0 Å². The molecule has 0 aliphatic carbocycles. The number of rotatable bonds is 11. The van der Waals surface area contributed by atoms with E-state index in [0.29, 0.717) is 6.42 Å². The Morgan fingerprint density at radius 2 is 1.64 bits per heavy atom. The number of carbonyl (C=O) groups is 1. The van der Waals surface area contributed by atoms with Gasteiger partial charge in [0.1, 0.15) is 0 Å². The third-order valence-corrected chi connectivity index (χ3v) is 6.58. The molecule has 1 rings (SSSR count). The van der Waals surface area contributed by atoms with Gasteiger partial charge in [0.05, 0.1) is 23.8 Å². The molecule has 0 radical (unpaired) electrons. The molecule has 8 nitrogen and oxygen atoms in total. The molecule has 0 bridgehead atoms. The second-order valence-electron chi connectivity index (χ2n) is 11.1. The molecule has 9 heteroatoms. The SMILES string of the molecule is CC(C)CN(C[C@@H](O)[C@H](Cc1ccccc1)NC(=O)[C@@H](N)C(C)(C)C)S(=O)(=O)OC(C)(C)C. The van der Waals surface area contributed by atoms with Gasteiger partial charge < -0.3 is 16.2 Å². The molecule has 1 amide bonds. The molecule has 0 heterocycles. The van der Waals surface area contributed by atoms with Crippen LogP contribution < -0.4 is 11.1 Å². The molecular formula is C24H43N3O5S. The van der Waals surface area contributed by atoms with E-state index in [0.717, 1.165) is 9.87 Å². The number of hydrogen-bond acceptors (Lipinski definition) is 6. The summed E-state index contributed by atoms with van der Waals surface area (Å²) in [5.74, 6) is -0.390. The average Bonchev–Trinajstić information content (AvgIpc) is 2.64. The fraction of sp³-hybridized carbons (Fsp3) is 0.708. The van der Waals surface area contributed by atoms with Gasteiger partial charge in [0, 0.05) is 13.1 Å². The standard InChI is InChI=1S/C24H43N3O5S/c1-17(2)15-27(33(30,31)32-24(6,7)8)16-20(28)19(14-18-12-10-9-11-13-18)26-22(29)21(25)23(3,4)5/h9-13,17,19-21,28H,14-16,25H2,1-8H3,(H,26,29)/t19-,20+,21+/m0/s1. The Hall–Kier alpha value is -1.52. The van der Waals surface area contributed by atoms with E-state index >= 15 is 0 Å². The van der Waals surface area contributed by atoms with E-state index in [1.165, 1.54) is 0 Å². The van der Waals surface area contributed by atoms with Crippen molar-refractivity contribution < 1.29 is 22.5 Å². The van der Waals surface area contributed by atoms with E-state index in [1.54, 1.807) is 20.8 Å². The summed E-state index contributed by atoms with van der Waals surface area (Å²) in [7, 11) is -4.11. The third-order valence-electron chi connectivity index (χ3n) is 4.94. The Bertz CT molecular complexity index is 845. The van der Waals surface area contributed by atoms with Crippen molar-refractivity contribution in [3.8, 4) is 0 Å². The smallest absolute Gasteiger partial charge is 0.338 e. The first-order chi connectivity index (χ1) is 14.9. The number of benzene rings is 1. The van der Waals surface area contributed by atoms with Gasteiger partial charge in [-0.25, -0.2) is 0 Å². The Balaban J connectivity index is 3.19. The molecule has 0 saturated carbocycles. The van der Waals surface area contributed by atoms with Crippen LogP contribution in [0.2, 0.25) is 0 Å². The maximum absolute atomic E-state index is 12.9. The van der Waals surface area contributed by atoms with Crippen molar-refractivity contribution in [2.24, 2.45) is 17.1 Å². The molecule has 190 valence electrons. The monoisotopic (exact) mass is 485 g/mol. The van der Waals surface area contributed by atoms with Gasteiger partial charge in [-0.1, -0.05) is 65.0 Å². The molecule has 0 saturated heterocycles. The van der Waals surface area contributed by atoms with Crippen LogP contribution >= 0.6 is 0 Å². The molecule has 0 aromatic heterocycles. The van der Waals surface area contributed by atoms with Crippen molar-refractivity contribution in [1.82, 2.24) is 9.62 Å². The fourth-order valence-electron chi connectivity index (χ4n) is 3.19. The first kappa shape index (κ1) is 29.5. The van der Waals surface area contributed by atoms with Gasteiger partial charge in [0.2, 0.25) is 5.91 Å². The van der Waals surface area contributed by atoms with E-state index < -0.39 is 45.4 Å². The fourth-order valence-corrected chi connectivity index (χ4v) is 4.74. The Morgan fingerprint density at radius 1 is 1.09 bits per heavy atom. The van der Waals surface area contributed by atoms with Crippen molar-refractivity contribution in [2.45, 2.75) is 85.6 Å². The molecule has 33 heavy (non-hydrogen) atoms. The molecule has 0 spiro atoms. The van der Waals surface area contributed by atoms with Crippen LogP contribution in [0.1, 0.15) is 61.0 Å². The van der Waals surface area contributed by atoms with Gasteiger partial charge in [-0.05, 0) is 44.1 Å². The normalized spacial score (nSPS) is 16.0. The van der Waals surface area contributed by atoms with E-state index in [-0.39, 0.29) is 19.0 Å². The predicted octanol–water partition coefficient (Wildman–Crippen LogP) is 2.47. The quantitative estimate of drug-likeness (QED) is 0.443. The Morgan fingerprint density at radius 3 is 2.09 bits per heavy atom. The highest BCUT2D eigenvalue weighted by atomic mass is 32.2. The largest absolute Gasteiger partial charge is 0.390 e. The zero-order valence-corrected chi connectivity index (χ0v) is 22.1. The molecule has 0 aliphatic heterocycles. The lowest BCUT2D eigenvalue weighted by Gasteiger charge is -2.33. The average molecular weight is 486 g/mol. The highest BCUT2D eigenvalue weighted by molar-refractivity contribution is 7.84. The Kier molecular flexibility index (Phi) is 10.5. The Labute approximate surface area is 200 Å². The lowest BCUT2D eigenvalue weighted by molar-refractivity contribution is -0.126. The predicted molar refractivity (Wildman–Crippen MR) is 132 cm³/mol. The van der Waals surface area contributed by atoms with E-state index in [2.05, 4.69) is 5.32 Å². The van der Waals surface area contributed by atoms with Crippen molar-refractivity contribution in [2.75, 3.05) is 13.1 Å². The summed E-state index contributed by atoms with van der Waals surface area (Å²) in [5.41, 5.74) is 5.63. The summed E-state index contributed by atoms with van der Waals surface area (Å²) in [6.45, 7) is 14.3. The van der Waals surface area contributed by atoms with Crippen LogP contribution in [-0.4, -0.2) is 60.6 Å². The minimum absolute atomic E-state index is 0.00650. The lowest BCUT2D eigenvalue weighted by atomic mass is 9.86. The number of aliphatic hydroxyl groups is 1. The minimum Gasteiger partial charge on any atom is -0.390 e. The lowest BCUT2D eigenvalue weighted by Crippen LogP contribution is -2.56. The number of amides is 1. The summed E-state index contributed by atoms with van der Waals surface area (Å²) in [6, 6.07) is 7.86. The molecular weight excluding hydrogens is 442 g/mol. The highest BCUT2D eigenvalue weighted by Crippen LogP contribution is 2.20. The van der Waals surface area contributed by atoms with Crippen LogP contribution in [0, 0.1) is 11.3 Å². The maximum Gasteiger partial charge on any atom is 0.338 e. The van der Waals surface area contributed by atoms with E-state index in [9.17, 15) is 18.3 Å². The number of nitrogens with one attached hydrogen (secondary N) is 1. The van der Waals surface area contributed by atoms with Crippen LogP contribution in [-0.2, 0) is 25.7 Å². The first-order valence-corrected chi connectivity index (χ1v) is 12.8. The molecule has 4 N–H and O–H groups in total. The summed E-state index contributed by atoms with van der Waals surface area (Å²) < 4.78 is 32.4. The third kappa shape index (κ3) is 10.5. The van der Waals surface area contributed by atoms with Gasteiger partial charge in [-0.2, -0.15) is 12.7 Å². The summed E-state index contributed by atoms with van der Waals surface area (Å²) in [6.07, 6.45) is -0.862. The zero-order chi connectivity index (χ0) is 25.6. The second-order valence-corrected chi connectivity index (χ2v) is 12.6. The van der Waals surface area contributed by atoms with Gasteiger partial charge in [-0.15, -0.1) is 0 Å². The van der Waals surface area contributed by atoms with Crippen LogP contribution in [0.4, 0.5) is 0 Å². The highest BCUT2D eigenvalue weighted by Gasteiger charge is 2.35. The number of aliphatic hydroxyl groups excluding tert-OH is 1. The molecule has 3 atom stereocenters. The first-order valence-electron chi connectivity index (χ1n) is 11.4. The van der Waals surface area contributed by atoms with Crippen LogP contribution in [0.5, 0.6) is 0 Å². The summed E-state index contributed by atoms with van der Waals surface area (Å²) in [5, 5.41) is 14.0. The van der Waals surface area contributed by atoms with Gasteiger partial charge in [0.15, 0.2) is 0 Å².